The molecule has 0 nitrogen and oxygen atoms in total. The Morgan fingerprint density at radius 2 is 0.870 bits per heavy atom. The Bertz CT molecular complexity index is 1750. The van der Waals surface area contributed by atoms with Crippen LogP contribution in [0.4, 0.5) is 0 Å². The summed E-state index contributed by atoms with van der Waals surface area (Å²) in [5.41, 5.74) is 12.1. The highest BCUT2D eigenvalue weighted by Gasteiger charge is 2.31. The van der Waals surface area contributed by atoms with Gasteiger partial charge in [0.25, 0.3) is 0 Å². The molecule has 0 spiro atoms. The average molecular weight is 641 g/mol. The van der Waals surface area contributed by atoms with Crippen LogP contribution < -0.4 is 0 Å². The topological polar surface area (TPSA) is 0 Å². The quantitative estimate of drug-likeness (QED) is 0.0922. The lowest BCUT2D eigenvalue weighted by Crippen LogP contribution is -2.04. The van der Waals surface area contributed by atoms with Crippen molar-refractivity contribution in [3.8, 4) is 22.3 Å². The lowest BCUT2D eigenvalue weighted by Gasteiger charge is -2.28. The third kappa shape index (κ3) is 6.62. The predicted octanol–water partition coefficient (Wildman–Crippen LogP) is 13.6. The minimum absolute atomic E-state index is 1.10. The SMILES string of the molecule is CCCCCCc1cc2c(CCc3ccccc3)cc3c(c2s1)-c1cc(CCc2ccccc2)c2cc(CCCCCC)sc2c1-3. The molecule has 0 fully saturated rings. The molecule has 0 N–H and O–H groups in total. The van der Waals surface area contributed by atoms with Gasteiger partial charge in [-0.25, -0.2) is 0 Å². The van der Waals surface area contributed by atoms with Crippen molar-refractivity contribution in [3.05, 3.63) is 117 Å². The van der Waals surface area contributed by atoms with Crippen molar-refractivity contribution >= 4 is 42.8 Å². The van der Waals surface area contributed by atoms with Crippen LogP contribution in [0.2, 0.25) is 0 Å². The van der Waals surface area contributed by atoms with E-state index in [4.69, 9.17) is 0 Å². The molecule has 2 heterocycles. The first-order valence-corrected chi connectivity index (χ1v) is 19.6. The molecule has 1 aliphatic carbocycles. The van der Waals surface area contributed by atoms with Crippen molar-refractivity contribution in [1.29, 1.82) is 0 Å². The van der Waals surface area contributed by atoms with Crippen molar-refractivity contribution in [2.24, 2.45) is 0 Å². The van der Waals surface area contributed by atoms with E-state index in [1.807, 2.05) is 0 Å². The van der Waals surface area contributed by atoms with Gasteiger partial charge in [0, 0.05) is 30.3 Å². The average Bonchev–Trinajstić information content (AvgIpc) is 3.70. The highest BCUT2D eigenvalue weighted by Crippen LogP contribution is 2.58. The second-order valence-corrected chi connectivity index (χ2v) is 15.7. The van der Waals surface area contributed by atoms with Crippen LogP contribution in [0, 0.1) is 0 Å². The number of fused-ring (bicyclic) bond motifs is 8. The molecule has 2 aromatic heterocycles. The number of hydrogen-bond acceptors (Lipinski definition) is 2. The molecule has 7 rings (SSSR count). The van der Waals surface area contributed by atoms with E-state index in [1.165, 1.54) is 108 Å². The summed E-state index contributed by atoms with van der Waals surface area (Å²) in [5, 5.41) is 3.04. The Morgan fingerprint density at radius 3 is 1.28 bits per heavy atom. The molecule has 6 aromatic rings. The molecule has 0 unspecified atom stereocenters. The number of thiophene rings is 2. The van der Waals surface area contributed by atoms with E-state index in [9.17, 15) is 0 Å². The van der Waals surface area contributed by atoms with Gasteiger partial charge >= 0.3 is 0 Å². The Morgan fingerprint density at radius 1 is 0.435 bits per heavy atom. The molecule has 0 atom stereocenters. The molecule has 0 saturated heterocycles. The first kappa shape index (κ1) is 31.4. The lowest BCUT2D eigenvalue weighted by molar-refractivity contribution is 0.670. The van der Waals surface area contributed by atoms with Gasteiger partial charge in [0.2, 0.25) is 0 Å². The van der Waals surface area contributed by atoms with Crippen molar-refractivity contribution in [2.75, 3.05) is 0 Å². The maximum absolute atomic E-state index is 2.60. The first-order chi connectivity index (χ1) is 22.7. The zero-order valence-electron chi connectivity index (χ0n) is 27.8. The summed E-state index contributed by atoms with van der Waals surface area (Å²) in [6.45, 7) is 4.62. The van der Waals surface area contributed by atoms with Gasteiger partial charge in [-0.15, -0.1) is 22.7 Å². The number of unbranched alkanes of at least 4 members (excludes halogenated alkanes) is 6. The Hall–Kier alpha value is -3.20. The summed E-state index contributed by atoms with van der Waals surface area (Å²) < 4.78 is 3.09. The maximum atomic E-state index is 2.60. The molecule has 2 heteroatoms. The van der Waals surface area contributed by atoms with Gasteiger partial charge in [0.15, 0.2) is 0 Å². The fraction of sp³-hybridized carbons (Fsp3) is 0.364. The smallest absolute Gasteiger partial charge is 0.0433 e. The number of aryl methyl sites for hydroxylation is 6. The largest absolute Gasteiger partial charge is 0.140 e. The molecule has 0 aliphatic heterocycles. The van der Waals surface area contributed by atoms with Crippen LogP contribution in [0.15, 0.2) is 84.9 Å². The molecule has 1 aliphatic rings. The maximum Gasteiger partial charge on any atom is 0.0433 e. The molecule has 236 valence electrons. The minimum atomic E-state index is 1.10. The van der Waals surface area contributed by atoms with E-state index < -0.39 is 0 Å². The minimum Gasteiger partial charge on any atom is -0.140 e. The van der Waals surface area contributed by atoms with E-state index in [-0.39, 0.29) is 0 Å². The Balaban J connectivity index is 1.29. The van der Waals surface area contributed by atoms with Gasteiger partial charge in [-0.2, -0.15) is 0 Å². The summed E-state index contributed by atoms with van der Waals surface area (Å²) >= 11 is 4.19. The first-order valence-electron chi connectivity index (χ1n) is 18.0. The van der Waals surface area contributed by atoms with Crippen LogP contribution >= 0.6 is 22.7 Å². The summed E-state index contributed by atoms with van der Waals surface area (Å²) in [6.07, 6.45) is 17.4. The molecule has 46 heavy (non-hydrogen) atoms. The third-order valence-electron chi connectivity index (χ3n) is 10.0. The van der Waals surface area contributed by atoms with Gasteiger partial charge in [-0.3, -0.25) is 0 Å². The highest BCUT2D eigenvalue weighted by molar-refractivity contribution is 7.20. The molecule has 0 amide bonds. The van der Waals surface area contributed by atoms with Crippen LogP contribution in [0.25, 0.3) is 42.4 Å². The van der Waals surface area contributed by atoms with Gasteiger partial charge < -0.3 is 0 Å². The van der Waals surface area contributed by atoms with Gasteiger partial charge in [0.05, 0.1) is 0 Å². The molecular weight excluding hydrogens is 593 g/mol. The summed E-state index contributed by atoms with van der Waals surface area (Å²) in [4.78, 5) is 3.15. The van der Waals surface area contributed by atoms with Crippen molar-refractivity contribution in [3.63, 3.8) is 0 Å². The number of rotatable bonds is 16. The summed E-state index contributed by atoms with van der Waals surface area (Å²) in [6, 6.07) is 32.5. The molecule has 0 radical (unpaired) electrons. The Kier molecular flexibility index (Phi) is 10.0. The normalized spacial score (nSPS) is 12.0. The van der Waals surface area contributed by atoms with Crippen molar-refractivity contribution in [2.45, 2.75) is 104 Å². The van der Waals surface area contributed by atoms with Crippen LogP contribution in [-0.4, -0.2) is 0 Å². The fourth-order valence-electron chi connectivity index (χ4n) is 7.45. The summed E-state index contributed by atoms with van der Waals surface area (Å²) in [7, 11) is 0. The van der Waals surface area contributed by atoms with Crippen LogP contribution in [-0.2, 0) is 38.5 Å². The van der Waals surface area contributed by atoms with E-state index in [0.717, 1.165) is 25.7 Å². The van der Waals surface area contributed by atoms with E-state index in [1.54, 1.807) is 30.3 Å². The second kappa shape index (κ2) is 14.7. The predicted molar refractivity (Wildman–Crippen MR) is 205 cm³/mol. The number of hydrogen-bond donors (Lipinski definition) is 0. The van der Waals surface area contributed by atoms with Gasteiger partial charge in [-0.05, 0) is 120 Å². The second-order valence-electron chi connectivity index (χ2n) is 13.4. The zero-order valence-corrected chi connectivity index (χ0v) is 29.4. The molecule has 4 aromatic carbocycles. The third-order valence-corrected chi connectivity index (χ3v) is 12.5. The van der Waals surface area contributed by atoms with E-state index in [2.05, 4.69) is 121 Å². The summed E-state index contributed by atoms with van der Waals surface area (Å²) in [5.74, 6) is 0. The standard InChI is InChI=1S/C44H48S2/c1-3-5-7-15-21-35-29-37-33(25-23-31-17-11-9-12-18-31)27-39-41(43(37)45-35)40-28-34(26-24-32-19-13-10-14-20-32)38-30-36(22-16-8-6-4-2)46-44(38)42(39)40/h9-14,17-20,27-30H,3-8,15-16,21-26H2,1-2H3. The van der Waals surface area contributed by atoms with Gasteiger partial charge in [-0.1, -0.05) is 113 Å². The fourth-order valence-corrected chi connectivity index (χ4v) is 10.1. The molecule has 0 saturated carbocycles. The zero-order chi connectivity index (χ0) is 31.3. The monoisotopic (exact) mass is 640 g/mol. The van der Waals surface area contributed by atoms with Crippen LogP contribution in [0.5, 0.6) is 0 Å². The molecule has 0 bridgehead atoms. The van der Waals surface area contributed by atoms with Crippen LogP contribution in [0.3, 0.4) is 0 Å². The van der Waals surface area contributed by atoms with Gasteiger partial charge in [0.1, 0.15) is 0 Å². The lowest BCUT2D eigenvalue weighted by atomic mass is 9.76. The van der Waals surface area contributed by atoms with E-state index >= 15 is 0 Å². The van der Waals surface area contributed by atoms with Crippen molar-refractivity contribution < 1.29 is 0 Å². The van der Waals surface area contributed by atoms with Crippen LogP contribution in [0.1, 0.15) is 97.2 Å². The van der Waals surface area contributed by atoms with Crippen molar-refractivity contribution in [1.82, 2.24) is 0 Å². The highest BCUT2D eigenvalue weighted by atomic mass is 32.1. The Labute approximate surface area is 284 Å². The molecular formula is C44H48S2. The van der Waals surface area contributed by atoms with E-state index in [0.29, 0.717) is 0 Å². The number of benzene rings is 4.